The lowest BCUT2D eigenvalue weighted by atomic mass is 9.91. The average molecular weight is 256 g/mol. The molecule has 0 aliphatic heterocycles. The second kappa shape index (κ2) is 6.67. The van der Waals surface area contributed by atoms with Crippen molar-refractivity contribution in [3.05, 3.63) is 42.2 Å². The van der Waals surface area contributed by atoms with Crippen LogP contribution >= 0.6 is 0 Å². The van der Waals surface area contributed by atoms with E-state index in [0.717, 1.165) is 13.0 Å². The lowest BCUT2D eigenvalue weighted by Crippen LogP contribution is -2.28. The fourth-order valence-corrected chi connectivity index (χ4v) is 2.70. The Balaban J connectivity index is 2.15. The van der Waals surface area contributed by atoms with Crippen molar-refractivity contribution in [2.24, 2.45) is 0 Å². The molecule has 0 bridgehead atoms. The number of rotatable bonds is 6. The number of hydrogen-bond donors (Lipinski definition) is 1. The predicted molar refractivity (Wildman–Crippen MR) is 82.5 cm³/mol. The molecule has 102 valence electrons. The van der Waals surface area contributed by atoms with Gasteiger partial charge in [-0.2, -0.15) is 0 Å². The zero-order chi connectivity index (χ0) is 13.7. The van der Waals surface area contributed by atoms with Crippen LogP contribution in [0, 0.1) is 0 Å². The van der Waals surface area contributed by atoms with Gasteiger partial charge in [-0.25, -0.2) is 0 Å². The van der Waals surface area contributed by atoms with E-state index in [9.17, 15) is 0 Å². The van der Waals surface area contributed by atoms with E-state index < -0.39 is 0 Å². The van der Waals surface area contributed by atoms with Crippen molar-refractivity contribution in [1.82, 2.24) is 10.3 Å². The van der Waals surface area contributed by atoms with Gasteiger partial charge < -0.3 is 5.32 Å². The Morgan fingerprint density at radius 3 is 2.84 bits per heavy atom. The van der Waals surface area contributed by atoms with E-state index in [1.807, 2.05) is 12.4 Å². The first-order valence-electron chi connectivity index (χ1n) is 7.28. The van der Waals surface area contributed by atoms with E-state index >= 15 is 0 Å². The Bertz CT molecular complexity index is 516. The van der Waals surface area contributed by atoms with E-state index in [1.54, 1.807) is 0 Å². The molecule has 2 aromatic rings. The van der Waals surface area contributed by atoms with Crippen LogP contribution in [-0.2, 0) is 0 Å². The molecule has 0 aliphatic rings. The van der Waals surface area contributed by atoms with Crippen molar-refractivity contribution in [2.45, 2.75) is 45.6 Å². The minimum atomic E-state index is 0.548. The maximum absolute atomic E-state index is 4.27. The summed E-state index contributed by atoms with van der Waals surface area (Å²) in [7, 11) is 0. The molecule has 0 amide bonds. The molecule has 0 radical (unpaired) electrons. The molecule has 19 heavy (non-hydrogen) atoms. The van der Waals surface area contributed by atoms with Gasteiger partial charge in [0.15, 0.2) is 0 Å². The third-order valence-corrected chi connectivity index (χ3v) is 3.70. The normalized spacial score (nSPS) is 14.5. The van der Waals surface area contributed by atoms with Crippen LogP contribution in [0.4, 0.5) is 0 Å². The van der Waals surface area contributed by atoms with E-state index in [0.29, 0.717) is 12.0 Å². The first-order valence-corrected chi connectivity index (χ1v) is 7.28. The van der Waals surface area contributed by atoms with Crippen LogP contribution in [0.25, 0.3) is 10.8 Å². The second-order valence-corrected chi connectivity index (χ2v) is 5.44. The van der Waals surface area contributed by atoms with E-state index in [2.05, 4.69) is 55.3 Å². The van der Waals surface area contributed by atoms with E-state index in [-0.39, 0.29) is 0 Å². The highest BCUT2D eigenvalue weighted by atomic mass is 14.9. The van der Waals surface area contributed by atoms with E-state index in [1.165, 1.54) is 22.8 Å². The smallest absolute Gasteiger partial charge is 0.0349 e. The third-order valence-electron chi connectivity index (χ3n) is 3.70. The van der Waals surface area contributed by atoms with Crippen molar-refractivity contribution >= 4 is 10.8 Å². The maximum Gasteiger partial charge on any atom is 0.0349 e. The Kier molecular flexibility index (Phi) is 4.92. The first kappa shape index (κ1) is 14.0. The van der Waals surface area contributed by atoms with Crippen molar-refractivity contribution in [2.75, 3.05) is 6.54 Å². The summed E-state index contributed by atoms with van der Waals surface area (Å²) in [6, 6.07) is 9.19. The average Bonchev–Trinajstić information content (AvgIpc) is 2.44. The summed E-state index contributed by atoms with van der Waals surface area (Å²) in [6.45, 7) is 7.89. The standard InChI is InChI=1S/C17H24N2/c1-4-9-19-14(3)11-13(2)16-7-5-6-15-8-10-18-12-17(15)16/h5-8,10,12-14,19H,4,9,11H2,1-3H3. The van der Waals surface area contributed by atoms with E-state index in [4.69, 9.17) is 0 Å². The molecule has 1 heterocycles. The van der Waals surface area contributed by atoms with Gasteiger partial charge in [0.1, 0.15) is 0 Å². The van der Waals surface area contributed by atoms with Gasteiger partial charge in [-0.3, -0.25) is 4.98 Å². The maximum atomic E-state index is 4.27. The molecule has 2 rings (SSSR count). The zero-order valence-corrected chi connectivity index (χ0v) is 12.2. The highest BCUT2D eigenvalue weighted by molar-refractivity contribution is 5.85. The van der Waals surface area contributed by atoms with Gasteiger partial charge >= 0.3 is 0 Å². The molecule has 0 saturated heterocycles. The van der Waals surface area contributed by atoms with Crippen LogP contribution in [0.3, 0.4) is 0 Å². The monoisotopic (exact) mass is 256 g/mol. The molecule has 0 spiro atoms. The summed E-state index contributed by atoms with van der Waals surface area (Å²) in [5.74, 6) is 0.548. The third kappa shape index (κ3) is 3.54. The lowest BCUT2D eigenvalue weighted by Gasteiger charge is -2.20. The summed E-state index contributed by atoms with van der Waals surface area (Å²) in [6.07, 6.45) is 6.21. The fourth-order valence-electron chi connectivity index (χ4n) is 2.70. The molecule has 2 unspecified atom stereocenters. The summed E-state index contributed by atoms with van der Waals surface area (Å²) >= 11 is 0. The van der Waals surface area contributed by atoms with Crippen LogP contribution in [0.5, 0.6) is 0 Å². The van der Waals surface area contributed by atoms with Crippen molar-refractivity contribution in [3.8, 4) is 0 Å². The summed E-state index contributed by atoms with van der Waals surface area (Å²) in [4.78, 5) is 4.27. The van der Waals surface area contributed by atoms with Crippen LogP contribution in [0.15, 0.2) is 36.7 Å². The van der Waals surface area contributed by atoms with Crippen LogP contribution < -0.4 is 5.32 Å². The molecule has 1 N–H and O–H groups in total. The van der Waals surface area contributed by atoms with Crippen LogP contribution in [-0.4, -0.2) is 17.6 Å². The molecule has 0 aliphatic carbocycles. The number of fused-ring (bicyclic) bond motifs is 1. The summed E-state index contributed by atoms with van der Waals surface area (Å²) < 4.78 is 0. The summed E-state index contributed by atoms with van der Waals surface area (Å²) in [5, 5.41) is 6.14. The SMILES string of the molecule is CCCNC(C)CC(C)c1cccc2ccncc12. The Hall–Kier alpha value is -1.41. The van der Waals surface area contributed by atoms with Crippen LogP contribution in [0.2, 0.25) is 0 Å². The summed E-state index contributed by atoms with van der Waals surface area (Å²) in [5.41, 5.74) is 1.41. The Morgan fingerprint density at radius 2 is 2.05 bits per heavy atom. The minimum absolute atomic E-state index is 0.548. The topological polar surface area (TPSA) is 24.9 Å². The highest BCUT2D eigenvalue weighted by Gasteiger charge is 2.12. The lowest BCUT2D eigenvalue weighted by molar-refractivity contribution is 0.480. The molecule has 1 aromatic heterocycles. The Morgan fingerprint density at radius 1 is 1.21 bits per heavy atom. The van der Waals surface area contributed by atoms with Gasteiger partial charge in [-0.05, 0) is 49.2 Å². The first-order chi connectivity index (χ1) is 9.22. The largest absolute Gasteiger partial charge is 0.314 e. The number of pyridine rings is 1. The van der Waals surface area contributed by atoms with Gasteiger partial charge in [0, 0.05) is 23.8 Å². The van der Waals surface area contributed by atoms with Crippen molar-refractivity contribution in [1.29, 1.82) is 0 Å². The van der Waals surface area contributed by atoms with Gasteiger partial charge in [0.05, 0.1) is 0 Å². The molecule has 2 nitrogen and oxygen atoms in total. The molecule has 2 atom stereocenters. The fraction of sp³-hybridized carbons (Fsp3) is 0.471. The molecular weight excluding hydrogens is 232 g/mol. The van der Waals surface area contributed by atoms with Gasteiger partial charge in [0.2, 0.25) is 0 Å². The second-order valence-electron chi connectivity index (χ2n) is 5.44. The predicted octanol–water partition coefficient (Wildman–Crippen LogP) is 4.12. The Labute approximate surface area is 116 Å². The molecule has 0 fully saturated rings. The van der Waals surface area contributed by atoms with Gasteiger partial charge in [0.25, 0.3) is 0 Å². The minimum Gasteiger partial charge on any atom is -0.314 e. The number of hydrogen-bond acceptors (Lipinski definition) is 2. The molecule has 0 saturated carbocycles. The van der Waals surface area contributed by atoms with Gasteiger partial charge in [-0.1, -0.05) is 32.0 Å². The van der Waals surface area contributed by atoms with Gasteiger partial charge in [-0.15, -0.1) is 0 Å². The van der Waals surface area contributed by atoms with Crippen LogP contribution in [0.1, 0.15) is 45.1 Å². The molecule has 1 aromatic carbocycles. The number of benzene rings is 1. The molecular formula is C17H24N2. The zero-order valence-electron chi connectivity index (χ0n) is 12.2. The quantitative estimate of drug-likeness (QED) is 0.841. The number of nitrogens with one attached hydrogen (secondary N) is 1. The molecule has 2 heteroatoms. The highest BCUT2D eigenvalue weighted by Crippen LogP contribution is 2.27. The van der Waals surface area contributed by atoms with Crippen molar-refractivity contribution in [3.63, 3.8) is 0 Å². The number of nitrogens with zero attached hydrogens (tertiary/aromatic N) is 1. The van der Waals surface area contributed by atoms with Crippen molar-refractivity contribution < 1.29 is 0 Å². The number of aromatic nitrogens is 1.